The molecule has 0 N–H and O–H groups in total. The molecule has 2 aliphatic rings. The molecule has 0 radical (unpaired) electrons. The van der Waals surface area contributed by atoms with Gasteiger partial charge in [0.05, 0.1) is 0 Å². The van der Waals surface area contributed by atoms with Gasteiger partial charge in [-0.25, -0.2) is 0 Å². The summed E-state index contributed by atoms with van der Waals surface area (Å²) >= 11 is 0. The second kappa shape index (κ2) is 4.45. The SMILES string of the molecule is CC(C)N1CCCC1c1cccc(C2CC2)c1. The van der Waals surface area contributed by atoms with E-state index in [1.54, 1.807) is 11.1 Å². The Morgan fingerprint density at radius 3 is 2.59 bits per heavy atom. The second-order valence-electron chi connectivity index (χ2n) is 5.93. The molecule has 1 aliphatic carbocycles. The Kier molecular flexibility index (Phi) is 2.96. The van der Waals surface area contributed by atoms with E-state index in [1.165, 1.54) is 32.2 Å². The van der Waals surface area contributed by atoms with Crippen molar-refractivity contribution in [1.82, 2.24) is 4.90 Å². The monoisotopic (exact) mass is 229 g/mol. The zero-order valence-corrected chi connectivity index (χ0v) is 11.0. The van der Waals surface area contributed by atoms with E-state index in [2.05, 4.69) is 43.0 Å². The van der Waals surface area contributed by atoms with Gasteiger partial charge in [0.15, 0.2) is 0 Å². The van der Waals surface area contributed by atoms with E-state index in [4.69, 9.17) is 0 Å². The number of likely N-dealkylation sites (tertiary alicyclic amines) is 1. The van der Waals surface area contributed by atoms with Crippen LogP contribution >= 0.6 is 0 Å². The lowest BCUT2D eigenvalue weighted by atomic mass is 9.99. The van der Waals surface area contributed by atoms with Crippen LogP contribution in [-0.4, -0.2) is 17.5 Å². The van der Waals surface area contributed by atoms with Crippen molar-refractivity contribution in [1.29, 1.82) is 0 Å². The number of benzene rings is 1. The Bertz CT molecular complexity index is 392. The van der Waals surface area contributed by atoms with Crippen molar-refractivity contribution in [2.45, 2.75) is 57.5 Å². The van der Waals surface area contributed by atoms with Gasteiger partial charge in [-0.2, -0.15) is 0 Å². The molecule has 92 valence electrons. The first-order valence-electron chi connectivity index (χ1n) is 7.11. The predicted octanol–water partition coefficient (Wildman–Crippen LogP) is 4.11. The van der Waals surface area contributed by atoms with Crippen molar-refractivity contribution < 1.29 is 0 Å². The van der Waals surface area contributed by atoms with Crippen LogP contribution in [-0.2, 0) is 0 Å². The lowest BCUT2D eigenvalue weighted by Gasteiger charge is -2.28. The highest BCUT2D eigenvalue weighted by atomic mass is 15.2. The average Bonchev–Trinajstić information content (AvgIpc) is 3.06. The van der Waals surface area contributed by atoms with Gasteiger partial charge in [-0.05, 0) is 63.1 Å². The van der Waals surface area contributed by atoms with Gasteiger partial charge in [0.25, 0.3) is 0 Å². The van der Waals surface area contributed by atoms with Crippen molar-refractivity contribution in [2.24, 2.45) is 0 Å². The molecule has 1 heterocycles. The maximum absolute atomic E-state index is 2.66. The first-order valence-corrected chi connectivity index (χ1v) is 7.11. The van der Waals surface area contributed by atoms with Crippen molar-refractivity contribution >= 4 is 0 Å². The van der Waals surface area contributed by atoms with Gasteiger partial charge in [-0.15, -0.1) is 0 Å². The quantitative estimate of drug-likeness (QED) is 0.754. The molecule has 0 bridgehead atoms. The molecule has 0 spiro atoms. The lowest BCUT2D eigenvalue weighted by Crippen LogP contribution is -2.30. The zero-order chi connectivity index (χ0) is 11.8. The molecule has 1 saturated heterocycles. The molecule has 1 atom stereocenters. The van der Waals surface area contributed by atoms with Gasteiger partial charge in [-0.3, -0.25) is 4.90 Å². The van der Waals surface area contributed by atoms with E-state index < -0.39 is 0 Å². The van der Waals surface area contributed by atoms with Crippen LogP contribution in [0, 0.1) is 0 Å². The highest BCUT2D eigenvalue weighted by Crippen LogP contribution is 2.42. The Hall–Kier alpha value is -0.820. The normalized spacial score (nSPS) is 25.7. The molecule has 1 saturated carbocycles. The van der Waals surface area contributed by atoms with Gasteiger partial charge in [-0.1, -0.05) is 24.3 Å². The van der Waals surface area contributed by atoms with E-state index in [0.29, 0.717) is 12.1 Å². The third kappa shape index (κ3) is 2.26. The van der Waals surface area contributed by atoms with Gasteiger partial charge in [0, 0.05) is 12.1 Å². The largest absolute Gasteiger partial charge is 0.294 e. The van der Waals surface area contributed by atoms with Crippen LogP contribution in [0.3, 0.4) is 0 Å². The van der Waals surface area contributed by atoms with Crippen molar-refractivity contribution in [3.8, 4) is 0 Å². The summed E-state index contributed by atoms with van der Waals surface area (Å²) in [4.78, 5) is 2.66. The molecule has 17 heavy (non-hydrogen) atoms. The molecule has 1 heteroatoms. The van der Waals surface area contributed by atoms with Crippen LogP contribution < -0.4 is 0 Å². The summed E-state index contributed by atoms with van der Waals surface area (Å²) in [5, 5.41) is 0. The molecule has 3 rings (SSSR count). The minimum absolute atomic E-state index is 0.673. The lowest BCUT2D eigenvalue weighted by molar-refractivity contribution is 0.205. The molecule has 0 aromatic heterocycles. The first kappa shape index (κ1) is 11.3. The Balaban J connectivity index is 1.84. The first-order chi connectivity index (χ1) is 8.25. The van der Waals surface area contributed by atoms with Crippen LogP contribution in [0.1, 0.15) is 62.6 Å². The molecule has 0 amide bonds. The summed E-state index contributed by atoms with van der Waals surface area (Å²) < 4.78 is 0. The number of hydrogen-bond donors (Lipinski definition) is 0. The Morgan fingerprint density at radius 1 is 1.12 bits per heavy atom. The molecule has 1 unspecified atom stereocenters. The molecular formula is C16H23N. The van der Waals surface area contributed by atoms with Gasteiger partial charge < -0.3 is 0 Å². The molecule has 2 fully saturated rings. The maximum atomic E-state index is 2.66. The van der Waals surface area contributed by atoms with E-state index in [-0.39, 0.29) is 0 Å². The van der Waals surface area contributed by atoms with Crippen molar-refractivity contribution in [3.05, 3.63) is 35.4 Å². The standard InChI is InChI=1S/C16H23N/c1-12(2)17-10-4-7-16(17)15-6-3-5-14(11-15)13-8-9-13/h3,5-6,11-13,16H,4,7-10H2,1-2H3. The molecule has 1 nitrogen and oxygen atoms in total. The summed E-state index contributed by atoms with van der Waals surface area (Å²) in [5.41, 5.74) is 3.14. The van der Waals surface area contributed by atoms with Crippen LogP contribution in [0.25, 0.3) is 0 Å². The van der Waals surface area contributed by atoms with Crippen LogP contribution in [0.15, 0.2) is 24.3 Å². The zero-order valence-electron chi connectivity index (χ0n) is 11.0. The average molecular weight is 229 g/mol. The smallest absolute Gasteiger partial charge is 0.0351 e. The van der Waals surface area contributed by atoms with Gasteiger partial charge in [0.2, 0.25) is 0 Å². The van der Waals surface area contributed by atoms with E-state index in [1.807, 2.05) is 0 Å². The third-order valence-corrected chi connectivity index (χ3v) is 4.30. The minimum atomic E-state index is 0.673. The van der Waals surface area contributed by atoms with E-state index >= 15 is 0 Å². The number of nitrogens with zero attached hydrogens (tertiary/aromatic N) is 1. The molecule has 1 aromatic rings. The summed E-state index contributed by atoms with van der Waals surface area (Å²) in [6.07, 6.45) is 5.51. The minimum Gasteiger partial charge on any atom is -0.294 e. The van der Waals surface area contributed by atoms with Gasteiger partial charge in [0.1, 0.15) is 0 Å². The fraction of sp³-hybridized carbons (Fsp3) is 0.625. The summed E-state index contributed by atoms with van der Waals surface area (Å²) in [6.45, 7) is 5.92. The third-order valence-electron chi connectivity index (χ3n) is 4.30. The summed E-state index contributed by atoms with van der Waals surface area (Å²) in [7, 11) is 0. The predicted molar refractivity (Wildman–Crippen MR) is 72.2 cm³/mol. The topological polar surface area (TPSA) is 3.24 Å². The Labute approximate surface area is 105 Å². The van der Waals surface area contributed by atoms with E-state index in [9.17, 15) is 0 Å². The second-order valence-corrected chi connectivity index (χ2v) is 5.93. The molecule has 1 aliphatic heterocycles. The van der Waals surface area contributed by atoms with Crippen LogP contribution in [0.5, 0.6) is 0 Å². The molecular weight excluding hydrogens is 206 g/mol. The van der Waals surface area contributed by atoms with E-state index in [0.717, 1.165) is 5.92 Å². The van der Waals surface area contributed by atoms with Crippen LogP contribution in [0.4, 0.5) is 0 Å². The highest BCUT2D eigenvalue weighted by molar-refractivity contribution is 5.31. The maximum Gasteiger partial charge on any atom is 0.0351 e. The van der Waals surface area contributed by atoms with Crippen molar-refractivity contribution in [2.75, 3.05) is 6.54 Å². The fourth-order valence-electron chi connectivity index (χ4n) is 3.20. The summed E-state index contributed by atoms with van der Waals surface area (Å²) in [6, 6.07) is 10.7. The van der Waals surface area contributed by atoms with Crippen molar-refractivity contribution in [3.63, 3.8) is 0 Å². The molecule has 1 aromatic carbocycles. The Morgan fingerprint density at radius 2 is 1.88 bits per heavy atom. The number of rotatable bonds is 3. The van der Waals surface area contributed by atoms with Crippen LogP contribution in [0.2, 0.25) is 0 Å². The van der Waals surface area contributed by atoms with Gasteiger partial charge >= 0.3 is 0 Å². The fourth-order valence-corrected chi connectivity index (χ4v) is 3.20. The highest BCUT2D eigenvalue weighted by Gasteiger charge is 2.29. The summed E-state index contributed by atoms with van der Waals surface area (Å²) in [5.74, 6) is 0.879. The number of hydrogen-bond acceptors (Lipinski definition) is 1.